The van der Waals surface area contributed by atoms with Crippen molar-refractivity contribution in [2.45, 2.75) is 70.9 Å². The Hall–Kier alpha value is -1.32. The number of amides is 1. The Morgan fingerprint density at radius 2 is 1.95 bits per heavy atom. The number of allylic oxidation sites excluding steroid dienone is 1. The standard InChI is InChI=1S/C16H27N3O/c1-4-6-11-14-15(17)19(12-9-7-8-10-12)13(5-2)16(20)18(14)3/h11-13,17H,4-10H2,1-3H3/b14-11+,17-15?. The van der Waals surface area contributed by atoms with Crippen molar-refractivity contribution in [3.63, 3.8) is 0 Å². The van der Waals surface area contributed by atoms with Gasteiger partial charge >= 0.3 is 0 Å². The predicted octanol–water partition coefficient (Wildman–Crippen LogP) is 3.14. The van der Waals surface area contributed by atoms with Crippen LogP contribution in [-0.2, 0) is 4.79 Å². The third kappa shape index (κ3) is 2.60. The molecule has 2 aliphatic rings. The van der Waals surface area contributed by atoms with Crippen LogP contribution in [0.2, 0.25) is 0 Å². The van der Waals surface area contributed by atoms with Gasteiger partial charge in [0.25, 0.3) is 0 Å². The summed E-state index contributed by atoms with van der Waals surface area (Å²) in [5.74, 6) is 0.706. The highest BCUT2D eigenvalue weighted by Gasteiger charge is 2.41. The zero-order valence-corrected chi connectivity index (χ0v) is 13.0. The quantitative estimate of drug-likeness (QED) is 0.858. The number of piperazine rings is 1. The lowest BCUT2D eigenvalue weighted by Crippen LogP contribution is -2.59. The number of rotatable bonds is 4. The van der Waals surface area contributed by atoms with Crippen molar-refractivity contribution in [2.24, 2.45) is 0 Å². The summed E-state index contributed by atoms with van der Waals surface area (Å²) >= 11 is 0. The molecule has 0 bridgehead atoms. The van der Waals surface area contributed by atoms with Crippen LogP contribution < -0.4 is 0 Å². The Balaban J connectivity index is 2.31. The molecule has 0 aromatic heterocycles. The van der Waals surface area contributed by atoms with Crippen molar-refractivity contribution in [1.29, 1.82) is 5.41 Å². The highest BCUT2D eigenvalue weighted by Crippen LogP contribution is 2.31. The number of hydrogen-bond acceptors (Lipinski definition) is 2. The lowest BCUT2D eigenvalue weighted by atomic mass is 10.0. The van der Waals surface area contributed by atoms with Gasteiger partial charge in [-0.05, 0) is 25.7 Å². The average Bonchev–Trinajstić information content (AvgIpc) is 2.96. The van der Waals surface area contributed by atoms with Gasteiger partial charge in [0.2, 0.25) is 5.91 Å². The molecule has 1 unspecified atom stereocenters. The van der Waals surface area contributed by atoms with Gasteiger partial charge in [-0.2, -0.15) is 0 Å². The maximum atomic E-state index is 12.6. The van der Waals surface area contributed by atoms with Crippen LogP contribution in [0.3, 0.4) is 0 Å². The molecular weight excluding hydrogens is 250 g/mol. The van der Waals surface area contributed by atoms with Crippen molar-refractivity contribution in [2.75, 3.05) is 7.05 Å². The van der Waals surface area contributed by atoms with Crippen molar-refractivity contribution < 1.29 is 4.79 Å². The van der Waals surface area contributed by atoms with Gasteiger partial charge in [-0.3, -0.25) is 10.2 Å². The average molecular weight is 277 g/mol. The number of hydrogen-bond donors (Lipinski definition) is 1. The molecule has 1 heterocycles. The molecule has 1 aliphatic heterocycles. The Bertz CT molecular complexity index is 410. The monoisotopic (exact) mass is 277 g/mol. The number of nitrogens with zero attached hydrogens (tertiary/aromatic N) is 2. The minimum absolute atomic E-state index is 0.144. The molecule has 2 rings (SSSR count). The number of nitrogens with one attached hydrogen (secondary N) is 1. The minimum Gasteiger partial charge on any atom is -0.340 e. The second kappa shape index (κ2) is 6.42. The van der Waals surface area contributed by atoms with Crippen LogP contribution in [0.4, 0.5) is 0 Å². The molecule has 1 amide bonds. The van der Waals surface area contributed by atoms with Gasteiger partial charge in [0, 0.05) is 13.1 Å². The van der Waals surface area contributed by atoms with E-state index in [1.807, 2.05) is 20.0 Å². The predicted molar refractivity (Wildman–Crippen MR) is 81.7 cm³/mol. The molecule has 0 aromatic rings. The van der Waals surface area contributed by atoms with Crippen molar-refractivity contribution in [3.05, 3.63) is 11.8 Å². The largest absolute Gasteiger partial charge is 0.340 e. The molecule has 1 N–H and O–H groups in total. The van der Waals surface area contributed by atoms with Crippen LogP contribution in [0.1, 0.15) is 58.8 Å². The van der Waals surface area contributed by atoms with Crippen molar-refractivity contribution in [3.8, 4) is 0 Å². The lowest BCUT2D eigenvalue weighted by Gasteiger charge is -2.45. The Kier molecular flexibility index (Phi) is 4.84. The summed E-state index contributed by atoms with van der Waals surface area (Å²) in [6.45, 7) is 4.17. The normalized spacial score (nSPS) is 26.9. The highest BCUT2D eigenvalue weighted by atomic mass is 16.2. The fourth-order valence-corrected chi connectivity index (χ4v) is 3.41. The molecule has 0 spiro atoms. The molecule has 1 aliphatic carbocycles. The minimum atomic E-state index is -0.144. The molecule has 1 atom stereocenters. The number of likely N-dealkylation sites (N-methyl/N-ethyl adjacent to an activating group) is 1. The number of carbonyl (C=O) groups is 1. The molecule has 4 heteroatoms. The van der Waals surface area contributed by atoms with Crippen LogP contribution in [0.5, 0.6) is 0 Å². The summed E-state index contributed by atoms with van der Waals surface area (Å²) < 4.78 is 0. The topological polar surface area (TPSA) is 47.4 Å². The smallest absolute Gasteiger partial charge is 0.249 e. The summed E-state index contributed by atoms with van der Waals surface area (Å²) in [4.78, 5) is 16.4. The number of carbonyl (C=O) groups excluding carboxylic acids is 1. The first-order chi connectivity index (χ1) is 9.61. The van der Waals surface area contributed by atoms with Crippen LogP contribution in [0.15, 0.2) is 11.8 Å². The van der Waals surface area contributed by atoms with E-state index in [-0.39, 0.29) is 11.9 Å². The molecule has 0 aromatic carbocycles. The maximum Gasteiger partial charge on any atom is 0.249 e. The molecule has 1 saturated heterocycles. The van der Waals surface area contributed by atoms with Gasteiger partial charge in [-0.15, -0.1) is 0 Å². The molecule has 112 valence electrons. The summed E-state index contributed by atoms with van der Waals surface area (Å²) in [5.41, 5.74) is 0.799. The third-order valence-electron chi connectivity index (χ3n) is 4.54. The van der Waals surface area contributed by atoms with Gasteiger partial charge in [0.1, 0.15) is 11.9 Å². The second-order valence-corrected chi connectivity index (χ2v) is 5.89. The van der Waals surface area contributed by atoms with Gasteiger partial charge < -0.3 is 9.80 Å². The van der Waals surface area contributed by atoms with E-state index >= 15 is 0 Å². The van der Waals surface area contributed by atoms with Crippen molar-refractivity contribution >= 4 is 11.7 Å². The molecule has 2 fully saturated rings. The SMILES string of the molecule is CCC/C=C1\C(=N)N(C2CCCC2)C(CC)C(=O)N1C. The first kappa shape index (κ1) is 15.1. The van der Waals surface area contributed by atoms with E-state index in [0.717, 1.165) is 37.8 Å². The molecule has 0 radical (unpaired) electrons. The first-order valence-electron chi connectivity index (χ1n) is 7.96. The molecule has 1 saturated carbocycles. The fraction of sp³-hybridized carbons (Fsp3) is 0.750. The lowest BCUT2D eigenvalue weighted by molar-refractivity contribution is -0.134. The molecule has 4 nitrogen and oxygen atoms in total. The summed E-state index contributed by atoms with van der Waals surface area (Å²) in [7, 11) is 1.81. The third-order valence-corrected chi connectivity index (χ3v) is 4.54. The van der Waals surface area contributed by atoms with E-state index in [9.17, 15) is 4.79 Å². The number of amidine groups is 1. The number of unbranched alkanes of at least 4 members (excludes halogenated alkanes) is 1. The van der Waals surface area contributed by atoms with Gasteiger partial charge in [0.15, 0.2) is 0 Å². The van der Waals surface area contributed by atoms with E-state index < -0.39 is 0 Å². The molecular formula is C16H27N3O. The molecule has 20 heavy (non-hydrogen) atoms. The van der Waals surface area contributed by atoms with Gasteiger partial charge in [-0.1, -0.05) is 39.2 Å². The summed E-state index contributed by atoms with van der Waals surface area (Å²) in [6.07, 6.45) is 9.49. The van der Waals surface area contributed by atoms with E-state index in [2.05, 4.69) is 11.8 Å². The van der Waals surface area contributed by atoms with Crippen LogP contribution in [-0.4, -0.2) is 40.7 Å². The zero-order valence-electron chi connectivity index (χ0n) is 13.0. The van der Waals surface area contributed by atoms with Crippen molar-refractivity contribution in [1.82, 2.24) is 9.80 Å². The van der Waals surface area contributed by atoms with E-state index in [4.69, 9.17) is 5.41 Å². The maximum absolute atomic E-state index is 12.6. The van der Waals surface area contributed by atoms with E-state index in [0.29, 0.717) is 11.9 Å². The Labute approximate surface area is 122 Å². The van der Waals surface area contributed by atoms with Crippen LogP contribution in [0.25, 0.3) is 0 Å². The van der Waals surface area contributed by atoms with E-state index in [1.165, 1.54) is 12.8 Å². The van der Waals surface area contributed by atoms with Crippen LogP contribution in [0, 0.1) is 5.41 Å². The Morgan fingerprint density at radius 3 is 2.50 bits per heavy atom. The van der Waals surface area contributed by atoms with Gasteiger partial charge in [-0.25, -0.2) is 0 Å². The fourth-order valence-electron chi connectivity index (χ4n) is 3.41. The first-order valence-corrected chi connectivity index (χ1v) is 7.96. The van der Waals surface area contributed by atoms with E-state index in [1.54, 1.807) is 4.90 Å². The second-order valence-electron chi connectivity index (χ2n) is 5.89. The Morgan fingerprint density at radius 1 is 1.30 bits per heavy atom. The van der Waals surface area contributed by atoms with Crippen LogP contribution >= 0.6 is 0 Å². The highest BCUT2D eigenvalue weighted by molar-refractivity contribution is 6.06. The summed E-state index contributed by atoms with van der Waals surface area (Å²) in [5, 5.41) is 8.56. The summed E-state index contributed by atoms with van der Waals surface area (Å²) in [6, 6.07) is 0.240. The zero-order chi connectivity index (χ0) is 14.7. The van der Waals surface area contributed by atoms with Gasteiger partial charge in [0.05, 0.1) is 5.70 Å².